The second kappa shape index (κ2) is 9.91. The molecule has 0 saturated heterocycles. The van der Waals surface area contributed by atoms with E-state index in [0.717, 1.165) is 11.1 Å². The number of hydrogen-bond donors (Lipinski definition) is 3. The van der Waals surface area contributed by atoms with E-state index in [-0.39, 0.29) is 24.7 Å². The molecule has 0 heterocycles. The Kier molecular flexibility index (Phi) is 8.25. The molecule has 144 valence electrons. The van der Waals surface area contributed by atoms with Gasteiger partial charge in [0.1, 0.15) is 12.3 Å². The predicted molar refractivity (Wildman–Crippen MR) is 98.1 cm³/mol. The Morgan fingerprint density at radius 1 is 1.12 bits per heavy atom. The first-order valence-corrected chi connectivity index (χ1v) is 8.72. The van der Waals surface area contributed by atoms with E-state index < -0.39 is 30.4 Å². The number of nitrogens with two attached hydrogens (primary N) is 1. The topological polar surface area (TPSA) is 119 Å². The minimum absolute atomic E-state index is 0.0361. The van der Waals surface area contributed by atoms with E-state index in [1.807, 2.05) is 45.9 Å². The van der Waals surface area contributed by atoms with Crippen molar-refractivity contribution < 1.29 is 24.2 Å². The van der Waals surface area contributed by atoms with E-state index in [4.69, 9.17) is 15.6 Å². The maximum absolute atomic E-state index is 12.3. The summed E-state index contributed by atoms with van der Waals surface area (Å²) in [5, 5.41) is 10.7. The maximum atomic E-state index is 12.3. The molecule has 1 rings (SSSR count). The second-order valence-electron chi connectivity index (χ2n) is 6.81. The van der Waals surface area contributed by atoms with Crippen molar-refractivity contribution in [2.45, 2.75) is 58.4 Å². The van der Waals surface area contributed by atoms with Crippen molar-refractivity contribution in [1.82, 2.24) is 5.32 Å². The molecule has 1 aromatic rings. The normalized spacial score (nSPS) is 12.1. The lowest BCUT2D eigenvalue weighted by atomic mass is 9.94. The minimum atomic E-state index is -1.16. The third-order valence-electron chi connectivity index (χ3n) is 3.95. The Morgan fingerprint density at radius 3 is 2.12 bits per heavy atom. The lowest BCUT2D eigenvalue weighted by molar-refractivity contribution is -0.138. The first-order chi connectivity index (χ1) is 12.1. The number of amides is 1. The number of hydrogen-bond acceptors (Lipinski definition) is 5. The van der Waals surface area contributed by atoms with Gasteiger partial charge in [0.2, 0.25) is 5.91 Å². The Hall–Kier alpha value is -2.41. The van der Waals surface area contributed by atoms with Crippen LogP contribution in [0.4, 0.5) is 0 Å². The fourth-order valence-corrected chi connectivity index (χ4v) is 2.46. The van der Waals surface area contributed by atoms with Crippen LogP contribution < -0.4 is 15.8 Å². The van der Waals surface area contributed by atoms with Crippen molar-refractivity contribution in [3.63, 3.8) is 0 Å². The number of carbonyl (C=O) groups is 3. The quantitative estimate of drug-likeness (QED) is 0.456. The van der Waals surface area contributed by atoms with Crippen molar-refractivity contribution in [3.05, 3.63) is 29.3 Å². The van der Waals surface area contributed by atoms with Crippen LogP contribution in [0.1, 0.15) is 63.5 Å². The highest BCUT2D eigenvalue weighted by Crippen LogP contribution is 2.34. The molecule has 0 aliphatic rings. The third kappa shape index (κ3) is 6.48. The molecule has 7 heteroatoms. The SMILES string of the molecule is CC(C)c1cccc(C(C)C)c1OC(=O)CCC(N)C(=O)NCC(=O)O. The van der Waals surface area contributed by atoms with Gasteiger partial charge in [-0.15, -0.1) is 0 Å². The smallest absolute Gasteiger partial charge is 0.322 e. The number of nitrogens with one attached hydrogen (secondary N) is 1. The molecule has 1 atom stereocenters. The summed E-state index contributed by atoms with van der Waals surface area (Å²) < 4.78 is 5.61. The summed E-state index contributed by atoms with van der Waals surface area (Å²) in [6.45, 7) is 7.61. The van der Waals surface area contributed by atoms with Crippen LogP contribution in [0.15, 0.2) is 18.2 Å². The van der Waals surface area contributed by atoms with Crippen molar-refractivity contribution in [1.29, 1.82) is 0 Å². The van der Waals surface area contributed by atoms with Gasteiger partial charge in [0.05, 0.1) is 6.04 Å². The van der Waals surface area contributed by atoms with E-state index >= 15 is 0 Å². The van der Waals surface area contributed by atoms with E-state index in [1.54, 1.807) is 0 Å². The van der Waals surface area contributed by atoms with E-state index in [2.05, 4.69) is 5.32 Å². The summed E-state index contributed by atoms with van der Waals surface area (Å²) in [7, 11) is 0. The predicted octanol–water partition coefficient (Wildman–Crippen LogP) is 2.15. The fourth-order valence-electron chi connectivity index (χ4n) is 2.46. The summed E-state index contributed by atoms with van der Waals surface area (Å²) in [4.78, 5) is 34.3. The fraction of sp³-hybridized carbons (Fsp3) is 0.526. The van der Waals surface area contributed by atoms with Crippen molar-refractivity contribution in [2.24, 2.45) is 5.73 Å². The zero-order valence-electron chi connectivity index (χ0n) is 15.7. The standard InChI is InChI=1S/C19H28N2O5/c1-11(2)13-6-5-7-14(12(3)4)18(13)26-17(24)9-8-15(20)19(25)21-10-16(22)23/h5-7,11-12,15H,8-10,20H2,1-4H3,(H,21,25)(H,22,23). The van der Waals surface area contributed by atoms with Gasteiger partial charge in [-0.25, -0.2) is 0 Å². The number of esters is 1. The summed E-state index contributed by atoms with van der Waals surface area (Å²) in [5.74, 6) is -1.27. The first kappa shape index (κ1) is 21.6. The Morgan fingerprint density at radius 2 is 1.65 bits per heavy atom. The highest BCUT2D eigenvalue weighted by molar-refractivity contribution is 5.85. The van der Waals surface area contributed by atoms with Gasteiger partial charge >= 0.3 is 11.9 Å². The van der Waals surface area contributed by atoms with E-state index in [9.17, 15) is 14.4 Å². The lowest BCUT2D eigenvalue weighted by Gasteiger charge is -2.19. The number of carboxylic acid groups (broad SMARTS) is 1. The molecule has 7 nitrogen and oxygen atoms in total. The van der Waals surface area contributed by atoms with Gasteiger partial charge in [0.15, 0.2) is 0 Å². The van der Waals surface area contributed by atoms with Gasteiger partial charge in [0, 0.05) is 6.42 Å². The number of aliphatic carboxylic acids is 1. The molecule has 1 amide bonds. The lowest BCUT2D eigenvalue weighted by Crippen LogP contribution is -2.42. The second-order valence-corrected chi connectivity index (χ2v) is 6.81. The highest BCUT2D eigenvalue weighted by atomic mass is 16.5. The highest BCUT2D eigenvalue weighted by Gasteiger charge is 2.20. The molecule has 4 N–H and O–H groups in total. The molecule has 0 bridgehead atoms. The average Bonchev–Trinajstić information content (AvgIpc) is 2.57. The zero-order chi connectivity index (χ0) is 19.9. The molecular formula is C19H28N2O5. The van der Waals surface area contributed by atoms with Crippen LogP contribution in [0.5, 0.6) is 5.75 Å². The van der Waals surface area contributed by atoms with Gasteiger partial charge < -0.3 is 20.9 Å². The van der Waals surface area contributed by atoms with Gasteiger partial charge in [-0.1, -0.05) is 45.9 Å². The summed E-state index contributed by atoms with van der Waals surface area (Å²) in [6.07, 6.45) is 0.0385. The van der Waals surface area contributed by atoms with Crippen LogP contribution in [-0.4, -0.2) is 35.5 Å². The van der Waals surface area contributed by atoms with Gasteiger partial charge in [-0.3, -0.25) is 14.4 Å². The molecule has 1 aromatic carbocycles. The molecule has 26 heavy (non-hydrogen) atoms. The summed E-state index contributed by atoms with van der Waals surface area (Å²) >= 11 is 0. The number of rotatable bonds is 9. The van der Waals surface area contributed by atoms with Crippen molar-refractivity contribution in [2.75, 3.05) is 6.54 Å². The molecule has 0 radical (unpaired) electrons. The Labute approximate surface area is 153 Å². The van der Waals surface area contributed by atoms with E-state index in [1.165, 1.54) is 0 Å². The summed E-state index contributed by atoms with van der Waals surface area (Å²) in [5.41, 5.74) is 7.59. The maximum Gasteiger partial charge on any atom is 0.322 e. The molecule has 0 spiro atoms. The van der Waals surface area contributed by atoms with Crippen LogP contribution >= 0.6 is 0 Å². The molecule has 0 aliphatic heterocycles. The molecule has 0 saturated carbocycles. The molecule has 1 unspecified atom stereocenters. The zero-order valence-corrected chi connectivity index (χ0v) is 15.7. The molecule has 0 fully saturated rings. The van der Waals surface area contributed by atoms with Crippen molar-refractivity contribution in [3.8, 4) is 5.75 Å². The largest absolute Gasteiger partial charge is 0.480 e. The van der Waals surface area contributed by atoms with Crippen molar-refractivity contribution >= 4 is 17.8 Å². The van der Waals surface area contributed by atoms with Crippen LogP contribution in [0, 0.1) is 0 Å². The number of carbonyl (C=O) groups excluding carboxylic acids is 2. The number of ether oxygens (including phenoxy) is 1. The van der Waals surface area contributed by atoms with Crippen LogP contribution in [0.3, 0.4) is 0 Å². The Bertz CT molecular complexity index is 629. The first-order valence-electron chi connectivity index (χ1n) is 8.72. The van der Waals surface area contributed by atoms with Crippen LogP contribution in [0.2, 0.25) is 0 Å². The molecular weight excluding hydrogens is 336 g/mol. The van der Waals surface area contributed by atoms with Crippen LogP contribution in [0.25, 0.3) is 0 Å². The summed E-state index contributed by atoms with van der Waals surface area (Å²) in [6, 6.07) is 4.85. The van der Waals surface area contributed by atoms with Gasteiger partial charge in [0.25, 0.3) is 0 Å². The molecule has 0 aliphatic carbocycles. The average molecular weight is 364 g/mol. The minimum Gasteiger partial charge on any atom is -0.480 e. The Balaban J connectivity index is 2.73. The third-order valence-corrected chi connectivity index (χ3v) is 3.95. The van der Waals surface area contributed by atoms with E-state index in [0.29, 0.717) is 5.75 Å². The number of carboxylic acids is 1. The van der Waals surface area contributed by atoms with Crippen LogP contribution in [-0.2, 0) is 14.4 Å². The monoisotopic (exact) mass is 364 g/mol. The number of benzene rings is 1. The van der Waals surface area contributed by atoms with Gasteiger partial charge in [-0.05, 0) is 29.4 Å². The number of para-hydroxylation sites is 1. The van der Waals surface area contributed by atoms with Gasteiger partial charge in [-0.2, -0.15) is 0 Å². The molecule has 0 aromatic heterocycles.